The first-order valence-electron chi connectivity index (χ1n) is 8.30. The van der Waals surface area contributed by atoms with Gasteiger partial charge in [-0.05, 0) is 43.7 Å². The molecule has 3 N–H and O–H groups in total. The number of piperidine rings is 1. The molecule has 0 spiro atoms. The number of benzene rings is 1. The van der Waals surface area contributed by atoms with Crippen molar-refractivity contribution in [3.05, 3.63) is 42.2 Å². The fourth-order valence-corrected chi connectivity index (χ4v) is 3.14. The van der Waals surface area contributed by atoms with Gasteiger partial charge in [-0.3, -0.25) is 0 Å². The van der Waals surface area contributed by atoms with Gasteiger partial charge in [-0.15, -0.1) is 0 Å². The van der Waals surface area contributed by atoms with E-state index in [1.165, 1.54) is 6.07 Å². The average molecular weight is 334 g/mol. The second-order valence-electron chi connectivity index (χ2n) is 6.17. The minimum Gasteiger partial charge on any atom is -0.507 e. The van der Waals surface area contributed by atoms with Gasteiger partial charge in [-0.2, -0.15) is 10.4 Å². The van der Waals surface area contributed by atoms with Gasteiger partial charge in [0.05, 0.1) is 23.4 Å². The van der Waals surface area contributed by atoms with E-state index in [2.05, 4.69) is 26.8 Å². The Hall–Kier alpha value is -3.11. The summed E-state index contributed by atoms with van der Waals surface area (Å²) in [5, 5.41) is 30.4. The lowest BCUT2D eigenvalue weighted by molar-refractivity contribution is 0.477. The normalized spacial score (nSPS) is 17.3. The summed E-state index contributed by atoms with van der Waals surface area (Å²) in [7, 11) is 0. The second-order valence-corrected chi connectivity index (χ2v) is 6.17. The smallest absolute Gasteiger partial charge is 0.165 e. The predicted molar refractivity (Wildman–Crippen MR) is 94.3 cm³/mol. The number of nitrogens with one attached hydrogen (secondary N) is 2. The van der Waals surface area contributed by atoms with Crippen LogP contribution in [0.25, 0.3) is 16.8 Å². The highest BCUT2D eigenvalue weighted by atomic mass is 16.3. The van der Waals surface area contributed by atoms with E-state index in [-0.39, 0.29) is 5.75 Å². The van der Waals surface area contributed by atoms with Gasteiger partial charge in [-0.25, -0.2) is 9.50 Å². The first kappa shape index (κ1) is 15.4. The zero-order valence-electron chi connectivity index (χ0n) is 13.6. The van der Waals surface area contributed by atoms with Gasteiger partial charge >= 0.3 is 0 Å². The molecule has 1 aliphatic heterocycles. The lowest BCUT2D eigenvalue weighted by Crippen LogP contribution is -2.38. The highest BCUT2D eigenvalue weighted by molar-refractivity contribution is 5.82. The third-order valence-corrected chi connectivity index (χ3v) is 4.43. The predicted octanol–water partition coefficient (Wildman–Crippen LogP) is 2.14. The van der Waals surface area contributed by atoms with Crippen LogP contribution < -0.4 is 10.6 Å². The van der Waals surface area contributed by atoms with Gasteiger partial charge in [0.2, 0.25) is 0 Å². The van der Waals surface area contributed by atoms with Crippen molar-refractivity contribution in [3.8, 4) is 22.9 Å². The Kier molecular flexibility index (Phi) is 3.96. The van der Waals surface area contributed by atoms with E-state index >= 15 is 0 Å². The molecular weight excluding hydrogens is 316 g/mol. The van der Waals surface area contributed by atoms with E-state index < -0.39 is 0 Å². The van der Waals surface area contributed by atoms with Crippen molar-refractivity contribution >= 4 is 11.5 Å². The lowest BCUT2D eigenvalue weighted by atomic mass is 10.0. The maximum Gasteiger partial charge on any atom is 0.165 e. The minimum absolute atomic E-state index is 0.102. The molecule has 7 heteroatoms. The molecule has 7 nitrogen and oxygen atoms in total. The molecular formula is C18H18N6O. The Morgan fingerprint density at radius 1 is 1.32 bits per heavy atom. The van der Waals surface area contributed by atoms with Crippen molar-refractivity contribution in [2.24, 2.45) is 0 Å². The van der Waals surface area contributed by atoms with Gasteiger partial charge < -0.3 is 15.7 Å². The number of anilines is 1. The monoisotopic (exact) mass is 334 g/mol. The molecule has 1 saturated heterocycles. The minimum atomic E-state index is 0.102. The number of nitriles is 1. The molecule has 0 bridgehead atoms. The molecule has 0 radical (unpaired) electrons. The first-order chi connectivity index (χ1) is 12.2. The van der Waals surface area contributed by atoms with Crippen molar-refractivity contribution in [2.45, 2.75) is 18.9 Å². The number of fused-ring (bicyclic) bond motifs is 1. The molecule has 1 aromatic carbocycles. The number of aromatic hydroxyl groups is 1. The number of nitrogens with zero attached hydrogens (tertiary/aromatic N) is 4. The Morgan fingerprint density at radius 3 is 3.04 bits per heavy atom. The summed E-state index contributed by atoms with van der Waals surface area (Å²) in [6.07, 6.45) is 5.75. The van der Waals surface area contributed by atoms with E-state index in [4.69, 9.17) is 5.26 Å². The summed E-state index contributed by atoms with van der Waals surface area (Å²) in [5.74, 6) is 0.879. The zero-order chi connectivity index (χ0) is 17.2. The van der Waals surface area contributed by atoms with Crippen LogP contribution in [0.5, 0.6) is 5.75 Å². The van der Waals surface area contributed by atoms with Crippen LogP contribution in [0.2, 0.25) is 0 Å². The van der Waals surface area contributed by atoms with Crippen LogP contribution in [0, 0.1) is 11.3 Å². The molecule has 4 rings (SSSR count). The summed E-state index contributed by atoms with van der Waals surface area (Å²) in [5.41, 5.74) is 2.37. The van der Waals surface area contributed by atoms with Gasteiger partial charge in [0.25, 0.3) is 0 Å². The quantitative estimate of drug-likeness (QED) is 0.679. The molecule has 3 heterocycles. The van der Waals surface area contributed by atoms with E-state index in [0.29, 0.717) is 28.4 Å². The fourth-order valence-electron chi connectivity index (χ4n) is 3.14. The Labute approximate surface area is 144 Å². The SMILES string of the molecule is N#Cc1ccc(O)c(-c2cnn3ccc(NC4CCCNC4)nc23)c1. The molecule has 126 valence electrons. The summed E-state index contributed by atoms with van der Waals surface area (Å²) in [6.45, 7) is 1.98. The van der Waals surface area contributed by atoms with Crippen molar-refractivity contribution < 1.29 is 5.11 Å². The summed E-state index contributed by atoms with van der Waals surface area (Å²) < 4.78 is 1.66. The summed E-state index contributed by atoms with van der Waals surface area (Å²) in [4.78, 5) is 4.67. The van der Waals surface area contributed by atoms with Gasteiger partial charge in [-0.1, -0.05) is 0 Å². The third-order valence-electron chi connectivity index (χ3n) is 4.43. The van der Waals surface area contributed by atoms with Crippen molar-refractivity contribution in [1.82, 2.24) is 19.9 Å². The van der Waals surface area contributed by atoms with Gasteiger partial charge in [0, 0.05) is 24.3 Å². The molecule has 3 aromatic rings. The largest absolute Gasteiger partial charge is 0.507 e. The van der Waals surface area contributed by atoms with Crippen LogP contribution in [0.3, 0.4) is 0 Å². The summed E-state index contributed by atoms with van der Waals surface area (Å²) >= 11 is 0. The Balaban J connectivity index is 1.73. The second kappa shape index (κ2) is 6.42. The number of rotatable bonds is 3. The van der Waals surface area contributed by atoms with Crippen LogP contribution in [0.15, 0.2) is 36.7 Å². The third kappa shape index (κ3) is 2.99. The van der Waals surface area contributed by atoms with Crippen LogP contribution >= 0.6 is 0 Å². The number of phenols is 1. The first-order valence-corrected chi connectivity index (χ1v) is 8.30. The van der Waals surface area contributed by atoms with Crippen LogP contribution in [-0.2, 0) is 0 Å². The Morgan fingerprint density at radius 2 is 2.24 bits per heavy atom. The molecule has 0 aliphatic carbocycles. The number of phenolic OH excluding ortho intramolecular Hbond substituents is 1. The van der Waals surface area contributed by atoms with E-state index in [1.54, 1.807) is 22.8 Å². The van der Waals surface area contributed by atoms with Crippen molar-refractivity contribution in [2.75, 3.05) is 18.4 Å². The Bertz CT molecular complexity index is 952. The standard InChI is InChI=1S/C18H18N6O/c19-9-12-3-4-16(25)14(8-12)15-11-21-24-7-5-17(23-18(15)24)22-13-2-1-6-20-10-13/h3-5,7-8,11,13,20,25H,1-2,6,10H2,(H,22,23). The molecule has 1 unspecified atom stereocenters. The maximum absolute atomic E-state index is 10.2. The van der Waals surface area contributed by atoms with Crippen LogP contribution in [-0.4, -0.2) is 38.8 Å². The zero-order valence-corrected chi connectivity index (χ0v) is 13.6. The highest BCUT2D eigenvalue weighted by Crippen LogP contribution is 2.32. The van der Waals surface area contributed by atoms with Gasteiger partial charge in [0.1, 0.15) is 11.6 Å². The van der Waals surface area contributed by atoms with E-state index in [0.717, 1.165) is 31.7 Å². The van der Waals surface area contributed by atoms with Crippen LogP contribution in [0.4, 0.5) is 5.82 Å². The lowest BCUT2D eigenvalue weighted by Gasteiger charge is -2.24. The molecule has 25 heavy (non-hydrogen) atoms. The van der Waals surface area contributed by atoms with E-state index in [9.17, 15) is 5.11 Å². The topological polar surface area (TPSA) is 98.3 Å². The molecule has 1 fully saturated rings. The average Bonchev–Trinajstić information content (AvgIpc) is 3.06. The molecule has 2 aromatic heterocycles. The summed E-state index contributed by atoms with van der Waals surface area (Å²) in [6, 6.07) is 9.09. The van der Waals surface area contributed by atoms with Crippen LogP contribution in [0.1, 0.15) is 18.4 Å². The van der Waals surface area contributed by atoms with E-state index in [1.807, 2.05) is 12.3 Å². The number of aromatic nitrogens is 3. The molecule has 0 amide bonds. The fraction of sp³-hybridized carbons (Fsp3) is 0.278. The highest BCUT2D eigenvalue weighted by Gasteiger charge is 2.16. The molecule has 1 aliphatic rings. The van der Waals surface area contributed by atoms with Crippen molar-refractivity contribution in [3.63, 3.8) is 0 Å². The van der Waals surface area contributed by atoms with Gasteiger partial charge in [0.15, 0.2) is 5.65 Å². The van der Waals surface area contributed by atoms with Crippen molar-refractivity contribution in [1.29, 1.82) is 5.26 Å². The molecule has 1 atom stereocenters. The number of hydrogen-bond acceptors (Lipinski definition) is 6. The maximum atomic E-state index is 10.2. The number of hydrogen-bond donors (Lipinski definition) is 3. The molecule has 0 saturated carbocycles.